The molecule has 0 radical (unpaired) electrons. The minimum Gasteiger partial charge on any atom is -0.309 e. The quantitative estimate of drug-likeness (QED) is 0.188. The predicted octanol–water partition coefficient (Wildman–Crippen LogP) is 12.4. The first-order chi connectivity index (χ1) is 23.8. The molecule has 224 valence electrons. The summed E-state index contributed by atoms with van der Waals surface area (Å²) in [5, 5.41) is 7.52. The number of hydrogen-bond acceptors (Lipinski definition) is 0. The molecular formula is C46H30N2. The fourth-order valence-electron chi connectivity index (χ4n) is 7.77. The molecule has 0 spiro atoms. The van der Waals surface area contributed by atoms with Crippen molar-refractivity contribution in [3.63, 3.8) is 0 Å². The second kappa shape index (κ2) is 10.6. The molecule has 0 saturated carbocycles. The Balaban J connectivity index is 1.36. The van der Waals surface area contributed by atoms with Gasteiger partial charge in [-0.2, -0.15) is 0 Å². The molecule has 0 aliphatic heterocycles. The Hall–Kier alpha value is -6.38. The van der Waals surface area contributed by atoms with E-state index in [1.807, 2.05) is 0 Å². The van der Waals surface area contributed by atoms with Crippen LogP contribution in [0.1, 0.15) is 0 Å². The van der Waals surface area contributed by atoms with Gasteiger partial charge < -0.3 is 9.13 Å². The van der Waals surface area contributed by atoms with E-state index in [-0.39, 0.29) is 0 Å². The highest BCUT2D eigenvalue weighted by Crippen LogP contribution is 2.43. The van der Waals surface area contributed by atoms with Gasteiger partial charge in [0.05, 0.1) is 22.1 Å². The van der Waals surface area contributed by atoms with Gasteiger partial charge in [0.25, 0.3) is 0 Å². The summed E-state index contributed by atoms with van der Waals surface area (Å²) in [5.41, 5.74) is 12.0. The maximum absolute atomic E-state index is 2.49. The SMILES string of the molecule is c1ccc(-c2cc(-c3ccccc3)cc(-n3c4ccccc4c4ccc5c(ccc6c7ccccc7n(-c7ccccc7)c65)c43)c2)cc1. The molecule has 0 amide bonds. The molecule has 0 fully saturated rings. The third-order valence-corrected chi connectivity index (χ3v) is 9.87. The smallest absolute Gasteiger partial charge is 0.0620 e. The number of para-hydroxylation sites is 3. The van der Waals surface area contributed by atoms with E-state index in [1.54, 1.807) is 0 Å². The van der Waals surface area contributed by atoms with E-state index < -0.39 is 0 Å². The van der Waals surface area contributed by atoms with Crippen molar-refractivity contribution in [1.29, 1.82) is 0 Å². The second-order valence-electron chi connectivity index (χ2n) is 12.6. The van der Waals surface area contributed by atoms with Crippen molar-refractivity contribution in [2.75, 3.05) is 0 Å². The minimum atomic E-state index is 1.15. The summed E-state index contributed by atoms with van der Waals surface area (Å²) in [6.07, 6.45) is 0. The number of rotatable bonds is 4. The summed E-state index contributed by atoms with van der Waals surface area (Å²) in [4.78, 5) is 0. The highest BCUT2D eigenvalue weighted by molar-refractivity contribution is 6.26. The van der Waals surface area contributed by atoms with Crippen LogP contribution >= 0.6 is 0 Å². The van der Waals surface area contributed by atoms with E-state index in [1.165, 1.54) is 82.3 Å². The van der Waals surface area contributed by atoms with Crippen molar-refractivity contribution >= 4 is 54.4 Å². The van der Waals surface area contributed by atoms with E-state index in [0.29, 0.717) is 0 Å². The summed E-state index contributed by atoms with van der Waals surface area (Å²) in [7, 11) is 0. The Kier molecular flexibility index (Phi) is 5.91. The number of nitrogens with zero attached hydrogens (tertiary/aromatic N) is 2. The monoisotopic (exact) mass is 610 g/mol. The number of hydrogen-bond donors (Lipinski definition) is 0. The predicted molar refractivity (Wildman–Crippen MR) is 203 cm³/mol. The molecule has 2 aromatic heterocycles. The summed E-state index contributed by atoms with van der Waals surface area (Å²) < 4.78 is 4.93. The molecule has 2 nitrogen and oxygen atoms in total. The summed E-state index contributed by atoms with van der Waals surface area (Å²) >= 11 is 0. The van der Waals surface area contributed by atoms with Crippen molar-refractivity contribution in [3.05, 3.63) is 182 Å². The first kappa shape index (κ1) is 26.8. The van der Waals surface area contributed by atoms with Crippen LogP contribution in [0.3, 0.4) is 0 Å². The van der Waals surface area contributed by atoms with Crippen LogP contribution in [0.2, 0.25) is 0 Å². The van der Waals surface area contributed by atoms with Gasteiger partial charge in [0, 0.05) is 43.7 Å². The molecule has 10 aromatic rings. The normalized spacial score (nSPS) is 11.8. The van der Waals surface area contributed by atoms with Crippen LogP contribution < -0.4 is 0 Å². The molecule has 10 rings (SSSR count). The third kappa shape index (κ3) is 4.00. The zero-order chi connectivity index (χ0) is 31.6. The first-order valence-electron chi connectivity index (χ1n) is 16.5. The molecule has 0 bridgehead atoms. The van der Waals surface area contributed by atoms with Gasteiger partial charge in [-0.05, 0) is 64.7 Å². The van der Waals surface area contributed by atoms with Crippen molar-refractivity contribution in [3.8, 4) is 33.6 Å². The van der Waals surface area contributed by atoms with Gasteiger partial charge in [0.15, 0.2) is 0 Å². The Morgan fingerprint density at radius 3 is 1.10 bits per heavy atom. The van der Waals surface area contributed by atoms with E-state index in [2.05, 4.69) is 191 Å². The molecule has 0 aliphatic carbocycles. The topological polar surface area (TPSA) is 9.86 Å². The van der Waals surface area contributed by atoms with E-state index >= 15 is 0 Å². The lowest BCUT2D eigenvalue weighted by Crippen LogP contribution is -1.97. The van der Waals surface area contributed by atoms with Gasteiger partial charge >= 0.3 is 0 Å². The Labute approximate surface area is 278 Å². The van der Waals surface area contributed by atoms with Crippen LogP contribution in [0.15, 0.2) is 182 Å². The lowest BCUT2D eigenvalue weighted by Gasteiger charge is -2.15. The van der Waals surface area contributed by atoms with Crippen LogP contribution in [0.25, 0.3) is 88.0 Å². The molecule has 0 atom stereocenters. The highest BCUT2D eigenvalue weighted by Gasteiger charge is 2.20. The van der Waals surface area contributed by atoms with Gasteiger partial charge in [-0.1, -0.05) is 140 Å². The average Bonchev–Trinajstić information content (AvgIpc) is 3.69. The third-order valence-electron chi connectivity index (χ3n) is 9.87. The zero-order valence-electron chi connectivity index (χ0n) is 26.2. The minimum absolute atomic E-state index is 1.15. The van der Waals surface area contributed by atoms with Crippen molar-refractivity contribution in [2.24, 2.45) is 0 Å². The fraction of sp³-hybridized carbons (Fsp3) is 0. The molecule has 0 N–H and O–H groups in total. The van der Waals surface area contributed by atoms with Crippen LogP contribution in [0, 0.1) is 0 Å². The number of fused-ring (bicyclic) bond motifs is 9. The van der Waals surface area contributed by atoms with Crippen LogP contribution in [-0.4, -0.2) is 9.13 Å². The molecule has 0 aliphatic rings. The maximum atomic E-state index is 2.49. The van der Waals surface area contributed by atoms with E-state index in [9.17, 15) is 0 Å². The Morgan fingerprint density at radius 1 is 0.250 bits per heavy atom. The van der Waals surface area contributed by atoms with Gasteiger partial charge in [-0.15, -0.1) is 0 Å². The van der Waals surface area contributed by atoms with Crippen LogP contribution in [0.5, 0.6) is 0 Å². The van der Waals surface area contributed by atoms with E-state index in [0.717, 1.165) is 5.69 Å². The van der Waals surface area contributed by atoms with Crippen LogP contribution in [0.4, 0.5) is 0 Å². The summed E-state index contributed by atoms with van der Waals surface area (Å²) in [5.74, 6) is 0. The first-order valence-corrected chi connectivity index (χ1v) is 16.5. The lowest BCUT2D eigenvalue weighted by molar-refractivity contribution is 1.18. The lowest BCUT2D eigenvalue weighted by atomic mass is 9.97. The Morgan fingerprint density at radius 2 is 0.625 bits per heavy atom. The molecule has 2 heteroatoms. The van der Waals surface area contributed by atoms with Gasteiger partial charge in [-0.3, -0.25) is 0 Å². The van der Waals surface area contributed by atoms with Crippen molar-refractivity contribution in [2.45, 2.75) is 0 Å². The van der Waals surface area contributed by atoms with Crippen molar-refractivity contribution < 1.29 is 0 Å². The molecule has 8 aromatic carbocycles. The fourth-order valence-corrected chi connectivity index (χ4v) is 7.77. The number of aromatic nitrogens is 2. The van der Waals surface area contributed by atoms with Crippen LogP contribution in [-0.2, 0) is 0 Å². The molecule has 48 heavy (non-hydrogen) atoms. The molecule has 0 saturated heterocycles. The van der Waals surface area contributed by atoms with Gasteiger partial charge in [0.1, 0.15) is 0 Å². The van der Waals surface area contributed by atoms with E-state index in [4.69, 9.17) is 0 Å². The van der Waals surface area contributed by atoms with Gasteiger partial charge in [-0.25, -0.2) is 0 Å². The average molecular weight is 611 g/mol. The zero-order valence-corrected chi connectivity index (χ0v) is 26.2. The summed E-state index contributed by atoms with van der Waals surface area (Å²) in [6, 6.07) is 66.2. The van der Waals surface area contributed by atoms with Gasteiger partial charge in [0.2, 0.25) is 0 Å². The standard InChI is InChI=1S/C46H30N2/c1-4-14-31(15-5-1)33-28-34(32-16-6-2-7-17-32)30-36(29-33)48-44-23-13-11-21-38(44)40-25-26-41-42(46(40)48)27-24-39-37-20-10-12-22-43(37)47(45(39)41)35-18-8-3-9-19-35/h1-30H. The summed E-state index contributed by atoms with van der Waals surface area (Å²) in [6.45, 7) is 0. The van der Waals surface area contributed by atoms with Crippen molar-refractivity contribution in [1.82, 2.24) is 9.13 Å². The maximum Gasteiger partial charge on any atom is 0.0620 e. The molecule has 0 unspecified atom stereocenters. The Bertz CT molecular complexity index is 2750. The molecule has 2 heterocycles. The molecular weight excluding hydrogens is 581 g/mol. The highest BCUT2D eigenvalue weighted by atomic mass is 15.0. The largest absolute Gasteiger partial charge is 0.309 e. The second-order valence-corrected chi connectivity index (χ2v) is 12.6. The number of benzene rings is 8.